The van der Waals surface area contributed by atoms with Crippen LogP contribution in [0, 0.1) is 19.3 Å². The fourth-order valence-corrected chi connectivity index (χ4v) is 4.24. The molecule has 1 aromatic rings. The minimum Gasteiger partial charge on any atom is -0.314 e. The third kappa shape index (κ3) is 2.45. The Morgan fingerprint density at radius 1 is 1.05 bits per heavy atom. The van der Waals surface area contributed by atoms with E-state index in [4.69, 9.17) is 0 Å². The van der Waals surface area contributed by atoms with Crippen molar-refractivity contribution < 1.29 is 0 Å². The highest BCUT2D eigenvalue weighted by Gasteiger charge is 2.52. The first-order valence-corrected chi connectivity index (χ1v) is 7.89. The van der Waals surface area contributed by atoms with Gasteiger partial charge < -0.3 is 5.32 Å². The number of rotatable bonds is 5. The maximum absolute atomic E-state index is 3.70. The largest absolute Gasteiger partial charge is 0.314 e. The Balaban J connectivity index is 2.29. The lowest BCUT2D eigenvalue weighted by atomic mass is 9.51. The third-order valence-electron chi connectivity index (χ3n) is 5.27. The van der Waals surface area contributed by atoms with Gasteiger partial charge in [0.15, 0.2) is 0 Å². The molecule has 19 heavy (non-hydrogen) atoms. The minimum atomic E-state index is 0.468. The average molecular weight is 259 g/mol. The predicted octanol–water partition coefficient (Wildman–Crippen LogP) is 4.58. The Labute approximate surface area is 118 Å². The van der Waals surface area contributed by atoms with E-state index in [1.165, 1.54) is 30.4 Å². The molecule has 1 aliphatic rings. The average Bonchev–Trinajstić information content (AvgIpc) is 2.34. The van der Waals surface area contributed by atoms with E-state index in [1.54, 1.807) is 5.56 Å². The van der Waals surface area contributed by atoms with Gasteiger partial charge in [-0.15, -0.1) is 0 Å². The van der Waals surface area contributed by atoms with Crippen molar-refractivity contribution in [1.29, 1.82) is 0 Å². The third-order valence-corrected chi connectivity index (χ3v) is 5.27. The molecule has 1 nitrogen and oxygen atoms in total. The second-order valence-electron chi connectivity index (χ2n) is 6.26. The molecule has 2 rings (SSSR count). The van der Waals surface area contributed by atoms with E-state index in [2.05, 4.69) is 58.1 Å². The molecular weight excluding hydrogens is 230 g/mol. The van der Waals surface area contributed by atoms with E-state index >= 15 is 0 Å². The molecule has 0 spiro atoms. The van der Waals surface area contributed by atoms with Gasteiger partial charge in [0.25, 0.3) is 0 Å². The number of hydrogen-bond acceptors (Lipinski definition) is 1. The summed E-state index contributed by atoms with van der Waals surface area (Å²) < 4.78 is 0. The first-order chi connectivity index (χ1) is 9.07. The second kappa shape index (κ2) is 5.66. The van der Waals surface area contributed by atoms with Gasteiger partial charge in [0.2, 0.25) is 0 Å². The van der Waals surface area contributed by atoms with Gasteiger partial charge >= 0.3 is 0 Å². The summed E-state index contributed by atoms with van der Waals surface area (Å²) in [6, 6.07) is 7.79. The van der Waals surface area contributed by atoms with Crippen LogP contribution in [0.2, 0.25) is 0 Å². The van der Waals surface area contributed by atoms with Gasteiger partial charge in [-0.2, -0.15) is 0 Å². The summed E-state index contributed by atoms with van der Waals surface area (Å²) >= 11 is 0. The number of aryl methyl sites for hydroxylation is 2. The summed E-state index contributed by atoms with van der Waals surface area (Å²) in [5.41, 5.74) is 4.84. The number of hydrogen-bond donors (Lipinski definition) is 1. The fraction of sp³-hybridized carbons (Fsp3) is 0.667. The summed E-state index contributed by atoms with van der Waals surface area (Å²) in [5.74, 6) is 0.741. The molecule has 1 aromatic carbocycles. The zero-order valence-corrected chi connectivity index (χ0v) is 13.2. The molecular formula is C18H29N. The van der Waals surface area contributed by atoms with Crippen molar-refractivity contribution >= 4 is 0 Å². The van der Waals surface area contributed by atoms with Crippen molar-refractivity contribution in [3.63, 3.8) is 0 Å². The van der Waals surface area contributed by atoms with Gasteiger partial charge in [-0.05, 0) is 56.6 Å². The Kier molecular flexibility index (Phi) is 4.35. The van der Waals surface area contributed by atoms with Crippen LogP contribution in [0.15, 0.2) is 18.2 Å². The van der Waals surface area contributed by atoms with Crippen molar-refractivity contribution in [2.24, 2.45) is 5.41 Å². The minimum absolute atomic E-state index is 0.468. The van der Waals surface area contributed by atoms with Gasteiger partial charge in [0, 0.05) is 6.04 Å². The van der Waals surface area contributed by atoms with Crippen molar-refractivity contribution in [3.8, 4) is 0 Å². The van der Waals surface area contributed by atoms with Gasteiger partial charge in [0.1, 0.15) is 0 Å². The Hall–Kier alpha value is -0.820. The van der Waals surface area contributed by atoms with Crippen LogP contribution in [0.4, 0.5) is 0 Å². The molecule has 1 aliphatic carbocycles. The van der Waals surface area contributed by atoms with Crippen LogP contribution in [-0.2, 0) is 0 Å². The van der Waals surface area contributed by atoms with Gasteiger partial charge in [-0.25, -0.2) is 0 Å². The molecule has 1 saturated carbocycles. The normalized spacial score (nSPS) is 25.1. The molecule has 0 saturated heterocycles. The quantitative estimate of drug-likeness (QED) is 0.816. The molecule has 0 amide bonds. The summed E-state index contributed by atoms with van der Waals surface area (Å²) in [4.78, 5) is 0. The van der Waals surface area contributed by atoms with Crippen molar-refractivity contribution in [3.05, 3.63) is 34.9 Å². The lowest BCUT2D eigenvalue weighted by Gasteiger charge is -2.57. The van der Waals surface area contributed by atoms with Crippen LogP contribution in [0.1, 0.15) is 62.6 Å². The Morgan fingerprint density at radius 3 is 2.11 bits per heavy atom. The summed E-state index contributed by atoms with van der Waals surface area (Å²) in [6.45, 7) is 12.5. The highest BCUT2D eigenvalue weighted by Crippen LogP contribution is 2.57. The maximum atomic E-state index is 3.70. The smallest absolute Gasteiger partial charge is 0.0135 e. The second-order valence-corrected chi connectivity index (χ2v) is 6.26. The molecule has 106 valence electrons. The predicted molar refractivity (Wildman–Crippen MR) is 83.8 cm³/mol. The molecule has 1 heteroatoms. The molecule has 0 heterocycles. The molecule has 0 aromatic heterocycles. The fourth-order valence-electron chi connectivity index (χ4n) is 4.24. The Bertz CT molecular complexity index is 411. The molecule has 0 bridgehead atoms. The van der Waals surface area contributed by atoms with Crippen LogP contribution >= 0.6 is 0 Å². The van der Waals surface area contributed by atoms with E-state index in [-0.39, 0.29) is 0 Å². The standard InChI is InChI=1S/C18H29N/c1-6-18(7-2)16(12-17(18)19-8-3)15-10-13(4)9-14(5)11-15/h9-11,16-17,19H,6-8,12H2,1-5H3. The van der Waals surface area contributed by atoms with Crippen molar-refractivity contribution in [2.45, 2.75) is 65.8 Å². The first kappa shape index (κ1) is 14.6. The van der Waals surface area contributed by atoms with Crippen LogP contribution in [0.25, 0.3) is 0 Å². The van der Waals surface area contributed by atoms with Crippen LogP contribution in [0.5, 0.6) is 0 Å². The Morgan fingerprint density at radius 2 is 1.63 bits per heavy atom. The zero-order chi connectivity index (χ0) is 14.0. The molecule has 1 N–H and O–H groups in total. The maximum Gasteiger partial charge on any atom is 0.0135 e. The van der Waals surface area contributed by atoms with E-state index in [0.717, 1.165) is 12.5 Å². The molecule has 0 aliphatic heterocycles. The summed E-state index contributed by atoms with van der Waals surface area (Å²) in [6.07, 6.45) is 3.86. The zero-order valence-electron chi connectivity index (χ0n) is 13.2. The number of nitrogens with one attached hydrogen (secondary N) is 1. The summed E-state index contributed by atoms with van der Waals surface area (Å²) in [7, 11) is 0. The van der Waals surface area contributed by atoms with Crippen LogP contribution in [-0.4, -0.2) is 12.6 Å². The van der Waals surface area contributed by atoms with Crippen molar-refractivity contribution in [2.75, 3.05) is 6.54 Å². The van der Waals surface area contributed by atoms with E-state index < -0.39 is 0 Å². The highest BCUT2D eigenvalue weighted by atomic mass is 15.0. The highest BCUT2D eigenvalue weighted by molar-refractivity contribution is 5.35. The molecule has 2 atom stereocenters. The molecule has 1 fully saturated rings. The van der Waals surface area contributed by atoms with Crippen LogP contribution < -0.4 is 5.32 Å². The van der Waals surface area contributed by atoms with Gasteiger partial charge in [-0.3, -0.25) is 0 Å². The van der Waals surface area contributed by atoms with E-state index in [0.29, 0.717) is 11.5 Å². The molecule has 0 radical (unpaired) electrons. The van der Waals surface area contributed by atoms with E-state index in [1.807, 2.05) is 0 Å². The van der Waals surface area contributed by atoms with Crippen LogP contribution in [0.3, 0.4) is 0 Å². The topological polar surface area (TPSA) is 12.0 Å². The summed E-state index contributed by atoms with van der Waals surface area (Å²) in [5, 5.41) is 3.70. The molecule has 2 unspecified atom stereocenters. The first-order valence-electron chi connectivity index (χ1n) is 7.89. The van der Waals surface area contributed by atoms with E-state index in [9.17, 15) is 0 Å². The SMILES string of the molecule is CCNC1CC(c2cc(C)cc(C)c2)C1(CC)CC. The van der Waals surface area contributed by atoms with Crippen molar-refractivity contribution in [1.82, 2.24) is 5.32 Å². The lowest BCUT2D eigenvalue weighted by molar-refractivity contribution is 0.0210. The lowest BCUT2D eigenvalue weighted by Crippen LogP contribution is -2.58. The number of benzene rings is 1. The van der Waals surface area contributed by atoms with Gasteiger partial charge in [-0.1, -0.05) is 50.1 Å². The monoisotopic (exact) mass is 259 g/mol. The van der Waals surface area contributed by atoms with Gasteiger partial charge in [0.05, 0.1) is 0 Å².